The van der Waals surface area contributed by atoms with E-state index in [-0.39, 0.29) is 5.03 Å². The molecule has 1 saturated carbocycles. The van der Waals surface area contributed by atoms with Crippen LogP contribution in [0.2, 0.25) is 0 Å². The fourth-order valence-corrected chi connectivity index (χ4v) is 2.84. The summed E-state index contributed by atoms with van der Waals surface area (Å²) in [5.41, 5.74) is 1.44. The van der Waals surface area contributed by atoms with Crippen LogP contribution in [0.5, 0.6) is 0 Å². The molecule has 0 aliphatic heterocycles. The van der Waals surface area contributed by atoms with Gasteiger partial charge in [0.1, 0.15) is 0 Å². The van der Waals surface area contributed by atoms with E-state index in [9.17, 15) is 8.42 Å². The second-order valence-electron chi connectivity index (χ2n) is 5.00. The van der Waals surface area contributed by atoms with E-state index in [0.29, 0.717) is 11.7 Å². The minimum absolute atomic E-state index is 0.00878. The van der Waals surface area contributed by atoms with Gasteiger partial charge in [0.2, 0.25) is 0 Å². The van der Waals surface area contributed by atoms with Crippen LogP contribution in [0.25, 0.3) is 0 Å². The first-order valence-electron chi connectivity index (χ1n) is 6.75. The Morgan fingerprint density at radius 2 is 1.90 bits per heavy atom. The predicted octanol–water partition coefficient (Wildman–Crippen LogP) is 1.53. The van der Waals surface area contributed by atoms with Crippen LogP contribution in [-0.4, -0.2) is 24.4 Å². The summed E-state index contributed by atoms with van der Waals surface area (Å²) in [6.07, 6.45) is 7.08. The van der Waals surface area contributed by atoms with E-state index in [1.165, 1.54) is 31.3 Å². The van der Waals surface area contributed by atoms with Crippen LogP contribution >= 0.6 is 0 Å². The highest BCUT2D eigenvalue weighted by molar-refractivity contribution is 7.92. The van der Waals surface area contributed by atoms with Gasteiger partial charge < -0.3 is 5.32 Å². The molecule has 0 spiro atoms. The van der Waals surface area contributed by atoms with Crippen molar-refractivity contribution in [3.63, 3.8) is 0 Å². The van der Waals surface area contributed by atoms with E-state index in [1.54, 1.807) is 24.4 Å². The number of hydrogen-bond acceptors (Lipinski definition) is 5. The molecule has 0 radical (unpaired) electrons. The molecule has 0 atom stereocenters. The first-order valence-corrected chi connectivity index (χ1v) is 8.23. The third kappa shape index (κ3) is 3.77. The topological polar surface area (TPSA) is 84.0 Å². The van der Waals surface area contributed by atoms with Crippen molar-refractivity contribution in [2.75, 3.05) is 4.72 Å². The SMILES string of the molecule is O=S(=O)(Nc1ccncc1)c1ccc(CNC2CC2)cn1. The van der Waals surface area contributed by atoms with Crippen LogP contribution < -0.4 is 10.0 Å². The summed E-state index contributed by atoms with van der Waals surface area (Å²) in [4.78, 5) is 7.88. The van der Waals surface area contributed by atoms with E-state index in [4.69, 9.17) is 0 Å². The minimum atomic E-state index is -3.66. The molecule has 2 aromatic rings. The summed E-state index contributed by atoms with van der Waals surface area (Å²) in [6, 6.07) is 7.09. The predicted molar refractivity (Wildman–Crippen MR) is 79.1 cm³/mol. The van der Waals surface area contributed by atoms with E-state index in [0.717, 1.165) is 12.1 Å². The smallest absolute Gasteiger partial charge is 0.279 e. The van der Waals surface area contributed by atoms with Gasteiger partial charge in [-0.3, -0.25) is 9.71 Å². The van der Waals surface area contributed by atoms with Gasteiger partial charge in [-0.1, -0.05) is 6.07 Å². The highest BCUT2D eigenvalue weighted by atomic mass is 32.2. The monoisotopic (exact) mass is 304 g/mol. The summed E-state index contributed by atoms with van der Waals surface area (Å²) in [5, 5.41) is 3.37. The molecule has 6 nitrogen and oxygen atoms in total. The van der Waals surface area contributed by atoms with Crippen molar-refractivity contribution < 1.29 is 8.42 Å². The van der Waals surface area contributed by atoms with Gasteiger partial charge in [-0.25, -0.2) is 4.98 Å². The van der Waals surface area contributed by atoms with Gasteiger partial charge in [-0.05, 0) is 36.6 Å². The number of nitrogens with one attached hydrogen (secondary N) is 2. The highest BCUT2D eigenvalue weighted by Crippen LogP contribution is 2.19. The molecule has 0 unspecified atom stereocenters. The second-order valence-corrected chi connectivity index (χ2v) is 6.63. The molecule has 0 bridgehead atoms. The van der Waals surface area contributed by atoms with Crippen LogP contribution in [0, 0.1) is 0 Å². The van der Waals surface area contributed by atoms with Crippen LogP contribution in [0.3, 0.4) is 0 Å². The van der Waals surface area contributed by atoms with Crippen LogP contribution in [-0.2, 0) is 16.6 Å². The molecule has 2 N–H and O–H groups in total. The molecule has 2 aromatic heterocycles. The molecule has 0 saturated heterocycles. The molecule has 1 aliphatic rings. The number of pyridine rings is 2. The summed E-state index contributed by atoms with van der Waals surface area (Å²) in [5.74, 6) is 0. The molecule has 0 aromatic carbocycles. The normalized spacial score (nSPS) is 14.9. The van der Waals surface area contributed by atoms with Crippen molar-refractivity contribution in [2.24, 2.45) is 0 Å². The lowest BCUT2D eigenvalue weighted by molar-refractivity contribution is 0.597. The zero-order valence-electron chi connectivity index (χ0n) is 11.4. The molecule has 21 heavy (non-hydrogen) atoms. The lowest BCUT2D eigenvalue weighted by Crippen LogP contribution is -2.17. The molecule has 0 amide bonds. The summed E-state index contributed by atoms with van der Waals surface area (Å²) < 4.78 is 26.8. The fourth-order valence-electron chi connectivity index (χ4n) is 1.85. The van der Waals surface area contributed by atoms with Crippen molar-refractivity contribution >= 4 is 15.7 Å². The first kappa shape index (κ1) is 14.0. The van der Waals surface area contributed by atoms with Crippen molar-refractivity contribution in [3.8, 4) is 0 Å². The summed E-state index contributed by atoms with van der Waals surface area (Å²) in [6.45, 7) is 0.718. The Morgan fingerprint density at radius 3 is 2.52 bits per heavy atom. The standard InChI is InChI=1S/C14H16N4O2S/c19-21(20,18-13-5-7-15-8-6-13)14-4-1-11(10-17-14)9-16-12-2-3-12/h1,4-8,10,12,16H,2-3,9H2,(H,15,18). The molecule has 2 heterocycles. The molecular formula is C14H16N4O2S. The summed E-state index contributed by atoms with van der Waals surface area (Å²) >= 11 is 0. The number of nitrogens with zero attached hydrogens (tertiary/aromatic N) is 2. The summed E-state index contributed by atoms with van der Waals surface area (Å²) in [7, 11) is -3.66. The maximum Gasteiger partial charge on any atom is 0.279 e. The number of sulfonamides is 1. The van der Waals surface area contributed by atoms with Crippen molar-refractivity contribution in [1.29, 1.82) is 0 Å². The van der Waals surface area contributed by atoms with Gasteiger partial charge in [-0.15, -0.1) is 0 Å². The van der Waals surface area contributed by atoms with Gasteiger partial charge in [0.05, 0.1) is 5.69 Å². The van der Waals surface area contributed by atoms with E-state index in [2.05, 4.69) is 20.0 Å². The molecule has 3 rings (SSSR count). The number of rotatable bonds is 6. The maximum atomic E-state index is 12.2. The molecule has 7 heteroatoms. The number of hydrogen-bond donors (Lipinski definition) is 2. The van der Waals surface area contributed by atoms with Crippen LogP contribution in [0.1, 0.15) is 18.4 Å². The Balaban J connectivity index is 1.69. The molecule has 110 valence electrons. The van der Waals surface area contributed by atoms with Crippen molar-refractivity contribution in [2.45, 2.75) is 30.5 Å². The van der Waals surface area contributed by atoms with Gasteiger partial charge >= 0.3 is 0 Å². The molecule has 1 aliphatic carbocycles. The Bertz CT molecular complexity index is 698. The maximum absolute atomic E-state index is 12.2. The minimum Gasteiger partial charge on any atom is -0.310 e. The zero-order chi connectivity index (χ0) is 14.7. The van der Waals surface area contributed by atoms with Crippen LogP contribution in [0.15, 0.2) is 47.9 Å². The van der Waals surface area contributed by atoms with E-state index in [1.807, 2.05) is 0 Å². The van der Waals surface area contributed by atoms with Gasteiger partial charge in [0.25, 0.3) is 10.0 Å². The highest BCUT2D eigenvalue weighted by Gasteiger charge is 2.20. The zero-order valence-corrected chi connectivity index (χ0v) is 12.2. The Kier molecular flexibility index (Phi) is 3.85. The Hall–Kier alpha value is -1.99. The van der Waals surface area contributed by atoms with Crippen molar-refractivity contribution in [3.05, 3.63) is 48.4 Å². The van der Waals surface area contributed by atoms with Crippen LogP contribution in [0.4, 0.5) is 5.69 Å². The lowest BCUT2D eigenvalue weighted by Gasteiger charge is -2.08. The Morgan fingerprint density at radius 1 is 1.14 bits per heavy atom. The third-order valence-electron chi connectivity index (χ3n) is 3.18. The van der Waals surface area contributed by atoms with Gasteiger partial charge in [0, 0.05) is 31.2 Å². The molecular weight excluding hydrogens is 288 g/mol. The van der Waals surface area contributed by atoms with E-state index >= 15 is 0 Å². The molecule has 1 fully saturated rings. The second kappa shape index (κ2) is 5.79. The largest absolute Gasteiger partial charge is 0.310 e. The average molecular weight is 304 g/mol. The van der Waals surface area contributed by atoms with Gasteiger partial charge in [-0.2, -0.15) is 8.42 Å². The Labute approximate surface area is 123 Å². The quantitative estimate of drug-likeness (QED) is 0.845. The average Bonchev–Trinajstić information content (AvgIpc) is 3.30. The first-order chi connectivity index (χ1) is 10.1. The van der Waals surface area contributed by atoms with Gasteiger partial charge in [0.15, 0.2) is 5.03 Å². The fraction of sp³-hybridized carbons (Fsp3) is 0.286. The third-order valence-corrected chi connectivity index (χ3v) is 4.47. The number of anilines is 1. The lowest BCUT2D eigenvalue weighted by atomic mass is 10.3. The van der Waals surface area contributed by atoms with Crippen molar-refractivity contribution in [1.82, 2.24) is 15.3 Å². The number of aromatic nitrogens is 2. The van der Waals surface area contributed by atoms with E-state index < -0.39 is 10.0 Å².